The SMILES string of the molecule is OC[C@H](O)C(O)C1O[C@H](CO)[C@@H](O)[C@H](O)[C@H]1O. The Morgan fingerprint density at radius 3 is 2.00 bits per heavy atom. The lowest BCUT2D eigenvalue weighted by Crippen LogP contribution is -2.63. The van der Waals surface area contributed by atoms with Crippen LogP contribution in [0.2, 0.25) is 0 Å². The van der Waals surface area contributed by atoms with Crippen molar-refractivity contribution in [3.63, 3.8) is 0 Å². The van der Waals surface area contributed by atoms with E-state index in [0.717, 1.165) is 0 Å². The molecule has 1 heterocycles. The number of rotatable bonds is 4. The van der Waals surface area contributed by atoms with Crippen molar-refractivity contribution in [2.45, 2.75) is 42.7 Å². The van der Waals surface area contributed by atoms with E-state index < -0.39 is 55.9 Å². The Labute approximate surface area is 97.3 Å². The first-order chi connectivity index (χ1) is 7.93. The summed E-state index contributed by atoms with van der Waals surface area (Å²) in [5.74, 6) is 0. The summed E-state index contributed by atoms with van der Waals surface area (Å²) in [4.78, 5) is 0. The standard InChI is InChI=1S/C9H18O8/c10-1-3(12)5(13)9-8(16)7(15)6(14)4(2-11)17-9/h3-16H,1-2H2/t3-,4+,5?,6+,7-,8+,9?/m0/s1. The van der Waals surface area contributed by atoms with Gasteiger partial charge in [-0.1, -0.05) is 0 Å². The van der Waals surface area contributed by atoms with E-state index in [1.54, 1.807) is 0 Å². The Bertz CT molecular complexity index is 231. The van der Waals surface area contributed by atoms with E-state index >= 15 is 0 Å². The van der Waals surface area contributed by atoms with Gasteiger partial charge in [-0.2, -0.15) is 0 Å². The van der Waals surface area contributed by atoms with Gasteiger partial charge in [0.2, 0.25) is 0 Å². The van der Waals surface area contributed by atoms with E-state index in [9.17, 15) is 25.5 Å². The van der Waals surface area contributed by atoms with Crippen LogP contribution in [0.15, 0.2) is 0 Å². The second kappa shape index (κ2) is 6.03. The number of aliphatic hydroxyl groups is 7. The lowest BCUT2D eigenvalue weighted by molar-refractivity contribution is -0.258. The van der Waals surface area contributed by atoms with Gasteiger partial charge in [0.1, 0.15) is 42.7 Å². The van der Waals surface area contributed by atoms with Crippen LogP contribution in [0.3, 0.4) is 0 Å². The van der Waals surface area contributed by atoms with Gasteiger partial charge in [-0.05, 0) is 0 Å². The van der Waals surface area contributed by atoms with Crippen LogP contribution in [0, 0.1) is 0 Å². The molecule has 8 nitrogen and oxygen atoms in total. The zero-order chi connectivity index (χ0) is 13.2. The molecule has 102 valence electrons. The summed E-state index contributed by atoms with van der Waals surface area (Å²) in [6.07, 6.45) is -10.5. The molecule has 7 N–H and O–H groups in total. The lowest BCUT2D eigenvalue weighted by Gasteiger charge is -2.42. The highest BCUT2D eigenvalue weighted by Gasteiger charge is 2.47. The minimum Gasteiger partial charge on any atom is -0.394 e. The zero-order valence-electron chi connectivity index (χ0n) is 8.99. The number of hydrogen-bond donors (Lipinski definition) is 7. The third-order valence-corrected chi connectivity index (χ3v) is 2.85. The van der Waals surface area contributed by atoms with Crippen LogP contribution in [0.1, 0.15) is 0 Å². The minimum absolute atomic E-state index is 0.622. The summed E-state index contributed by atoms with van der Waals surface area (Å²) < 4.78 is 4.98. The van der Waals surface area contributed by atoms with Crippen LogP contribution in [0.5, 0.6) is 0 Å². The van der Waals surface area contributed by atoms with Crippen molar-refractivity contribution >= 4 is 0 Å². The van der Waals surface area contributed by atoms with Gasteiger partial charge in [0.25, 0.3) is 0 Å². The molecule has 1 aliphatic rings. The predicted molar refractivity (Wildman–Crippen MR) is 52.9 cm³/mol. The van der Waals surface area contributed by atoms with Crippen molar-refractivity contribution in [2.75, 3.05) is 13.2 Å². The Morgan fingerprint density at radius 2 is 1.53 bits per heavy atom. The number of ether oxygens (including phenoxy) is 1. The molecule has 1 fully saturated rings. The average molecular weight is 254 g/mol. The fourth-order valence-corrected chi connectivity index (χ4v) is 1.74. The molecule has 0 spiro atoms. The first kappa shape index (κ1) is 14.7. The fourth-order valence-electron chi connectivity index (χ4n) is 1.74. The molecule has 0 aromatic carbocycles. The van der Waals surface area contributed by atoms with Crippen LogP contribution in [0.25, 0.3) is 0 Å². The molecule has 1 rings (SSSR count). The Morgan fingerprint density at radius 1 is 0.941 bits per heavy atom. The maximum absolute atomic E-state index is 9.57. The van der Waals surface area contributed by atoms with Gasteiger partial charge in [0.15, 0.2) is 0 Å². The molecule has 1 saturated heterocycles. The van der Waals surface area contributed by atoms with Crippen molar-refractivity contribution in [1.29, 1.82) is 0 Å². The summed E-state index contributed by atoms with van der Waals surface area (Å²) in [7, 11) is 0. The van der Waals surface area contributed by atoms with E-state index in [2.05, 4.69) is 0 Å². The topological polar surface area (TPSA) is 151 Å². The van der Waals surface area contributed by atoms with Crippen molar-refractivity contribution < 1.29 is 40.5 Å². The van der Waals surface area contributed by atoms with Crippen molar-refractivity contribution in [3.05, 3.63) is 0 Å². The van der Waals surface area contributed by atoms with Gasteiger partial charge in [-0.15, -0.1) is 0 Å². The lowest BCUT2D eigenvalue weighted by atomic mass is 9.91. The molecule has 2 unspecified atom stereocenters. The van der Waals surface area contributed by atoms with E-state index in [1.807, 2.05) is 0 Å². The van der Waals surface area contributed by atoms with Crippen LogP contribution < -0.4 is 0 Å². The molecule has 17 heavy (non-hydrogen) atoms. The zero-order valence-corrected chi connectivity index (χ0v) is 8.99. The highest BCUT2D eigenvalue weighted by atomic mass is 16.6. The Kier molecular flexibility index (Phi) is 5.22. The van der Waals surface area contributed by atoms with Crippen LogP contribution in [-0.2, 0) is 4.74 Å². The fraction of sp³-hybridized carbons (Fsp3) is 1.00. The Balaban J connectivity index is 2.78. The van der Waals surface area contributed by atoms with E-state index in [1.165, 1.54) is 0 Å². The molecule has 0 saturated carbocycles. The average Bonchev–Trinajstić information content (AvgIpc) is 2.34. The smallest absolute Gasteiger partial charge is 0.115 e. The van der Waals surface area contributed by atoms with Crippen LogP contribution >= 0.6 is 0 Å². The van der Waals surface area contributed by atoms with Gasteiger partial charge < -0.3 is 40.5 Å². The summed E-state index contributed by atoms with van der Waals surface area (Å²) in [6.45, 7) is -1.38. The molecule has 8 heteroatoms. The van der Waals surface area contributed by atoms with E-state index in [4.69, 9.17) is 14.9 Å². The molecule has 0 radical (unpaired) electrons. The summed E-state index contributed by atoms with van der Waals surface area (Å²) >= 11 is 0. The number of hydrogen-bond acceptors (Lipinski definition) is 8. The molecule has 0 bridgehead atoms. The van der Waals surface area contributed by atoms with E-state index in [0.29, 0.717) is 0 Å². The normalized spacial score (nSPS) is 42.2. The van der Waals surface area contributed by atoms with Crippen LogP contribution in [0.4, 0.5) is 0 Å². The van der Waals surface area contributed by atoms with Crippen molar-refractivity contribution in [1.82, 2.24) is 0 Å². The molecule has 0 aliphatic carbocycles. The first-order valence-corrected chi connectivity index (χ1v) is 5.21. The second-order valence-corrected chi connectivity index (χ2v) is 4.03. The second-order valence-electron chi connectivity index (χ2n) is 4.03. The van der Waals surface area contributed by atoms with Gasteiger partial charge in [-0.25, -0.2) is 0 Å². The van der Waals surface area contributed by atoms with Gasteiger partial charge in [0.05, 0.1) is 13.2 Å². The van der Waals surface area contributed by atoms with E-state index in [-0.39, 0.29) is 0 Å². The van der Waals surface area contributed by atoms with Gasteiger partial charge in [-0.3, -0.25) is 0 Å². The molecular weight excluding hydrogens is 236 g/mol. The Hall–Kier alpha value is -0.320. The summed E-state index contributed by atoms with van der Waals surface area (Å²) in [6, 6.07) is 0. The molecule has 0 aromatic heterocycles. The van der Waals surface area contributed by atoms with Gasteiger partial charge >= 0.3 is 0 Å². The monoisotopic (exact) mass is 254 g/mol. The predicted octanol–water partition coefficient (Wildman–Crippen LogP) is -4.46. The minimum atomic E-state index is -1.65. The highest BCUT2D eigenvalue weighted by Crippen LogP contribution is 2.24. The third kappa shape index (κ3) is 2.92. The quantitative estimate of drug-likeness (QED) is 0.265. The van der Waals surface area contributed by atoms with Crippen molar-refractivity contribution in [3.8, 4) is 0 Å². The first-order valence-electron chi connectivity index (χ1n) is 5.21. The molecule has 1 aliphatic heterocycles. The third-order valence-electron chi connectivity index (χ3n) is 2.85. The van der Waals surface area contributed by atoms with Crippen molar-refractivity contribution in [2.24, 2.45) is 0 Å². The maximum atomic E-state index is 9.57. The molecule has 7 atom stereocenters. The summed E-state index contributed by atoms with van der Waals surface area (Å²) in [5, 5.41) is 64.8. The van der Waals surface area contributed by atoms with Crippen LogP contribution in [-0.4, -0.2) is 91.7 Å². The molecule has 0 aromatic rings. The largest absolute Gasteiger partial charge is 0.394 e. The number of aliphatic hydroxyl groups excluding tert-OH is 7. The molecule has 0 amide bonds. The van der Waals surface area contributed by atoms with Gasteiger partial charge in [0, 0.05) is 0 Å². The highest BCUT2D eigenvalue weighted by molar-refractivity contribution is 4.96. The summed E-state index contributed by atoms with van der Waals surface area (Å²) in [5.41, 5.74) is 0. The molecular formula is C9H18O8. The maximum Gasteiger partial charge on any atom is 0.115 e.